The smallest absolute Gasteiger partial charge is 0.340 e. The third-order valence-corrected chi connectivity index (χ3v) is 7.11. The summed E-state index contributed by atoms with van der Waals surface area (Å²) in [6.07, 6.45) is 6.91. The maximum Gasteiger partial charge on any atom is 0.340 e. The summed E-state index contributed by atoms with van der Waals surface area (Å²) in [6.45, 7) is 6.07. The number of esters is 1. The summed E-state index contributed by atoms with van der Waals surface area (Å²) < 4.78 is 7.14. The van der Waals surface area contributed by atoms with Crippen molar-refractivity contribution in [2.45, 2.75) is 71.4 Å². The molecule has 5 rings (SSSR count). The van der Waals surface area contributed by atoms with Crippen molar-refractivity contribution in [2.24, 2.45) is 17.8 Å². The third-order valence-electron chi connectivity index (χ3n) is 7.11. The van der Waals surface area contributed by atoms with Crippen molar-refractivity contribution in [1.29, 1.82) is 0 Å². The Morgan fingerprint density at radius 3 is 2.21 bits per heavy atom. The molecule has 4 aliphatic carbocycles. The van der Waals surface area contributed by atoms with E-state index in [-0.39, 0.29) is 5.54 Å². The third kappa shape index (κ3) is 3.91. The molecule has 1 heterocycles. The summed E-state index contributed by atoms with van der Waals surface area (Å²) in [7, 11) is 0. The first kappa shape index (κ1) is 20.0. The van der Waals surface area contributed by atoms with Crippen LogP contribution < -0.4 is 10.6 Å². The van der Waals surface area contributed by atoms with Crippen LogP contribution in [0, 0.1) is 31.6 Å². The quantitative estimate of drug-likeness (QED) is 0.742. The number of imide groups is 1. The largest absolute Gasteiger partial charge is 0.452 e. The molecule has 4 fully saturated rings. The van der Waals surface area contributed by atoms with Gasteiger partial charge in [-0.05, 0) is 83.1 Å². The number of carbonyl (C=O) groups is 3. The van der Waals surface area contributed by atoms with Crippen LogP contribution in [0.4, 0.5) is 4.79 Å². The van der Waals surface area contributed by atoms with E-state index in [1.165, 1.54) is 19.3 Å². The molecule has 0 aliphatic heterocycles. The van der Waals surface area contributed by atoms with Crippen LogP contribution in [0.25, 0.3) is 0 Å². The number of aromatic nitrogens is 1. The highest BCUT2D eigenvalue weighted by atomic mass is 16.5. The van der Waals surface area contributed by atoms with E-state index in [0.29, 0.717) is 23.3 Å². The molecule has 0 spiro atoms. The summed E-state index contributed by atoms with van der Waals surface area (Å²) in [5, 5.41) is 5.42. The molecule has 4 saturated carbocycles. The summed E-state index contributed by atoms with van der Waals surface area (Å²) in [6, 6.07) is 1.29. The number of hydrogen-bond acceptors (Lipinski definition) is 4. The predicted molar refractivity (Wildman–Crippen MR) is 107 cm³/mol. The Kier molecular flexibility index (Phi) is 5.17. The number of urea groups is 1. The minimum Gasteiger partial charge on any atom is -0.452 e. The van der Waals surface area contributed by atoms with E-state index in [1.54, 1.807) is 6.07 Å². The van der Waals surface area contributed by atoms with Crippen LogP contribution in [0.15, 0.2) is 6.07 Å². The van der Waals surface area contributed by atoms with Crippen molar-refractivity contribution in [2.75, 3.05) is 6.61 Å². The molecule has 29 heavy (non-hydrogen) atoms. The zero-order chi connectivity index (χ0) is 20.8. The molecule has 158 valence electrons. The van der Waals surface area contributed by atoms with Crippen molar-refractivity contribution < 1.29 is 19.1 Å². The van der Waals surface area contributed by atoms with Crippen LogP contribution in [0.2, 0.25) is 0 Å². The van der Waals surface area contributed by atoms with Crippen LogP contribution in [-0.2, 0) is 16.1 Å². The van der Waals surface area contributed by atoms with Crippen LogP contribution in [0.3, 0.4) is 0 Å². The van der Waals surface area contributed by atoms with E-state index in [4.69, 9.17) is 4.74 Å². The summed E-state index contributed by atoms with van der Waals surface area (Å²) in [4.78, 5) is 36.9. The Hall–Kier alpha value is -2.31. The first-order valence-corrected chi connectivity index (χ1v) is 10.7. The second-order valence-electron chi connectivity index (χ2n) is 9.31. The van der Waals surface area contributed by atoms with Crippen molar-refractivity contribution >= 4 is 17.9 Å². The van der Waals surface area contributed by atoms with Gasteiger partial charge in [0.05, 0.1) is 5.56 Å². The van der Waals surface area contributed by atoms with Crippen molar-refractivity contribution in [3.05, 3.63) is 23.0 Å². The SMILES string of the molecule is CCn1c(C)cc(C(=O)OCC(=O)NC(=O)NC23CC4CC(CC(C4)C2)C3)c1C. The lowest BCUT2D eigenvalue weighted by atomic mass is 9.53. The van der Waals surface area contributed by atoms with E-state index in [9.17, 15) is 14.4 Å². The number of nitrogens with one attached hydrogen (secondary N) is 2. The van der Waals surface area contributed by atoms with Gasteiger partial charge in [0.2, 0.25) is 0 Å². The highest BCUT2D eigenvalue weighted by molar-refractivity contribution is 5.97. The molecule has 1 aromatic rings. The van der Waals surface area contributed by atoms with E-state index >= 15 is 0 Å². The summed E-state index contributed by atoms with van der Waals surface area (Å²) in [5.74, 6) is 0.973. The maximum absolute atomic E-state index is 12.4. The van der Waals surface area contributed by atoms with Crippen LogP contribution in [0.5, 0.6) is 0 Å². The van der Waals surface area contributed by atoms with E-state index in [0.717, 1.165) is 37.2 Å². The van der Waals surface area contributed by atoms with Gasteiger partial charge >= 0.3 is 12.0 Å². The van der Waals surface area contributed by atoms with Gasteiger partial charge in [0.1, 0.15) is 0 Å². The summed E-state index contributed by atoms with van der Waals surface area (Å²) in [5.41, 5.74) is 2.08. The molecule has 1 aromatic heterocycles. The Morgan fingerprint density at radius 2 is 1.69 bits per heavy atom. The molecule has 2 N–H and O–H groups in total. The Morgan fingerprint density at radius 1 is 1.10 bits per heavy atom. The molecule has 3 amide bonds. The highest BCUT2D eigenvalue weighted by Crippen LogP contribution is 2.55. The van der Waals surface area contributed by atoms with Gasteiger partial charge in [-0.25, -0.2) is 9.59 Å². The molecule has 0 saturated heterocycles. The standard InChI is InChI=1S/C22H31N3O4/c1-4-25-13(2)5-18(14(25)3)20(27)29-12-19(26)23-21(28)24-22-9-15-6-16(10-22)8-17(7-15)11-22/h5,15-17H,4,6-12H2,1-3H3,(H2,23,24,26,28). The molecule has 0 aromatic carbocycles. The van der Waals surface area contributed by atoms with Gasteiger partial charge in [0, 0.05) is 23.5 Å². The van der Waals surface area contributed by atoms with Crippen molar-refractivity contribution in [3.8, 4) is 0 Å². The normalized spacial score (nSPS) is 29.6. The average molecular weight is 402 g/mol. The summed E-state index contributed by atoms with van der Waals surface area (Å²) >= 11 is 0. The molecule has 0 atom stereocenters. The highest BCUT2D eigenvalue weighted by Gasteiger charge is 2.51. The monoisotopic (exact) mass is 401 g/mol. The number of carbonyl (C=O) groups excluding carboxylic acids is 3. The van der Waals surface area contributed by atoms with Crippen LogP contribution >= 0.6 is 0 Å². The van der Waals surface area contributed by atoms with Gasteiger partial charge in [0.15, 0.2) is 6.61 Å². The molecule has 4 aliphatic rings. The topological polar surface area (TPSA) is 89.4 Å². The fraction of sp³-hybridized carbons (Fsp3) is 0.682. The van der Waals surface area contributed by atoms with E-state index in [1.807, 2.05) is 25.3 Å². The minimum atomic E-state index is -0.607. The number of nitrogens with zero attached hydrogens (tertiary/aromatic N) is 1. The second-order valence-corrected chi connectivity index (χ2v) is 9.31. The van der Waals surface area contributed by atoms with Gasteiger partial charge in [0.25, 0.3) is 5.91 Å². The zero-order valence-electron chi connectivity index (χ0n) is 17.5. The fourth-order valence-electron chi connectivity index (χ4n) is 6.40. The first-order chi connectivity index (χ1) is 13.8. The lowest BCUT2D eigenvalue weighted by Gasteiger charge is -2.56. The van der Waals surface area contributed by atoms with Gasteiger partial charge in [-0.2, -0.15) is 0 Å². The fourth-order valence-corrected chi connectivity index (χ4v) is 6.40. The van der Waals surface area contributed by atoms with Crippen LogP contribution in [-0.4, -0.2) is 34.6 Å². The molecule has 7 nitrogen and oxygen atoms in total. The molecule has 7 heteroatoms. The van der Waals surface area contributed by atoms with Gasteiger partial charge < -0.3 is 14.6 Å². The minimum absolute atomic E-state index is 0.159. The first-order valence-electron chi connectivity index (χ1n) is 10.7. The van der Waals surface area contributed by atoms with Gasteiger partial charge in [-0.15, -0.1) is 0 Å². The molecular weight excluding hydrogens is 370 g/mol. The van der Waals surface area contributed by atoms with E-state index < -0.39 is 24.5 Å². The maximum atomic E-state index is 12.4. The van der Waals surface area contributed by atoms with Gasteiger partial charge in [-0.3, -0.25) is 10.1 Å². The molecule has 4 bridgehead atoms. The van der Waals surface area contributed by atoms with Crippen LogP contribution in [0.1, 0.15) is 67.2 Å². The number of rotatable bonds is 5. The lowest BCUT2D eigenvalue weighted by Crippen LogP contribution is -2.62. The lowest BCUT2D eigenvalue weighted by molar-refractivity contribution is -0.123. The van der Waals surface area contributed by atoms with Gasteiger partial charge in [-0.1, -0.05) is 0 Å². The number of aryl methyl sites for hydroxylation is 1. The number of ether oxygens (including phenoxy) is 1. The zero-order valence-corrected chi connectivity index (χ0v) is 17.5. The predicted octanol–water partition coefficient (Wildman–Crippen LogP) is 3.08. The van der Waals surface area contributed by atoms with E-state index in [2.05, 4.69) is 10.6 Å². The molecule has 0 radical (unpaired) electrons. The average Bonchev–Trinajstić information content (AvgIpc) is 2.91. The molecule has 0 unspecified atom stereocenters. The molecular formula is C22H31N3O4. The Labute approximate surface area is 171 Å². The Balaban J connectivity index is 1.28. The number of hydrogen-bond donors (Lipinski definition) is 2. The van der Waals surface area contributed by atoms with Crippen molar-refractivity contribution in [1.82, 2.24) is 15.2 Å². The second kappa shape index (κ2) is 7.50. The Bertz CT molecular complexity index is 806. The van der Waals surface area contributed by atoms with Crippen molar-refractivity contribution in [3.63, 3.8) is 0 Å². The number of amides is 3.